The van der Waals surface area contributed by atoms with E-state index in [9.17, 15) is 9.18 Å². The van der Waals surface area contributed by atoms with E-state index in [1.807, 2.05) is 18.2 Å². The summed E-state index contributed by atoms with van der Waals surface area (Å²) in [5, 5.41) is 3.14. The third-order valence-corrected chi connectivity index (χ3v) is 5.15. The van der Waals surface area contributed by atoms with Crippen LogP contribution in [0.4, 0.5) is 9.18 Å². The summed E-state index contributed by atoms with van der Waals surface area (Å²) < 4.78 is 29.8. The highest BCUT2D eigenvalue weighted by atomic mass is 19.1. The van der Waals surface area contributed by atoms with Crippen LogP contribution in [-0.4, -0.2) is 44.3 Å². The number of likely N-dealkylation sites (N-methyl/N-ethyl adjacent to an activating group) is 1. The lowest BCUT2D eigenvalue weighted by molar-refractivity contribution is 0.171. The van der Waals surface area contributed by atoms with E-state index >= 15 is 0 Å². The normalized spacial score (nSPS) is 16.1. The van der Waals surface area contributed by atoms with Gasteiger partial charge in [0.1, 0.15) is 31.4 Å². The average molecular weight is 400 g/mol. The molecule has 0 saturated heterocycles. The van der Waals surface area contributed by atoms with Crippen molar-refractivity contribution < 1.29 is 23.4 Å². The molecule has 7 heteroatoms. The molecule has 1 atom stereocenters. The highest BCUT2D eigenvalue weighted by molar-refractivity contribution is 5.74. The fraction of sp³-hybridized carbons (Fsp3) is 0.409. The lowest BCUT2D eigenvalue weighted by atomic mass is 10.0. The van der Waals surface area contributed by atoms with Crippen molar-refractivity contribution in [1.82, 2.24) is 10.2 Å². The number of rotatable bonds is 7. The molecule has 1 aliphatic carbocycles. The summed E-state index contributed by atoms with van der Waals surface area (Å²) >= 11 is 0. The van der Waals surface area contributed by atoms with Crippen molar-refractivity contribution in [2.75, 3.05) is 33.4 Å². The zero-order chi connectivity index (χ0) is 20.2. The van der Waals surface area contributed by atoms with Crippen LogP contribution < -0.4 is 19.5 Å². The van der Waals surface area contributed by atoms with Crippen molar-refractivity contribution in [1.29, 1.82) is 0 Å². The van der Waals surface area contributed by atoms with Gasteiger partial charge in [0.15, 0.2) is 11.5 Å². The lowest BCUT2D eigenvalue weighted by Crippen LogP contribution is -2.41. The summed E-state index contributed by atoms with van der Waals surface area (Å²) in [4.78, 5) is 14.3. The molecule has 4 rings (SSSR count). The highest BCUT2D eigenvalue weighted by Gasteiger charge is 2.34. The summed E-state index contributed by atoms with van der Waals surface area (Å²) in [6.07, 6.45) is 2.19. The number of carbonyl (C=O) groups is 1. The van der Waals surface area contributed by atoms with Crippen molar-refractivity contribution in [3.8, 4) is 17.2 Å². The largest absolute Gasteiger partial charge is 0.492 e. The Morgan fingerprint density at radius 2 is 1.90 bits per heavy atom. The van der Waals surface area contributed by atoms with Crippen LogP contribution in [0.15, 0.2) is 42.5 Å². The summed E-state index contributed by atoms with van der Waals surface area (Å²) in [6, 6.07) is 11.5. The Labute approximate surface area is 169 Å². The van der Waals surface area contributed by atoms with Gasteiger partial charge in [0.05, 0.1) is 12.6 Å². The maximum atomic E-state index is 12.9. The molecule has 6 nitrogen and oxygen atoms in total. The van der Waals surface area contributed by atoms with E-state index in [2.05, 4.69) is 5.32 Å². The third-order valence-electron chi connectivity index (χ3n) is 5.15. The molecule has 1 saturated carbocycles. The first-order chi connectivity index (χ1) is 14.1. The molecule has 0 radical (unpaired) electrons. The molecule has 0 spiro atoms. The quantitative estimate of drug-likeness (QED) is 0.769. The van der Waals surface area contributed by atoms with Crippen LogP contribution in [-0.2, 0) is 0 Å². The molecular weight excluding hydrogens is 375 g/mol. The molecule has 0 bridgehead atoms. The minimum Gasteiger partial charge on any atom is -0.492 e. The van der Waals surface area contributed by atoms with E-state index in [1.54, 1.807) is 24.1 Å². The second-order valence-corrected chi connectivity index (χ2v) is 7.39. The molecule has 29 heavy (non-hydrogen) atoms. The van der Waals surface area contributed by atoms with Crippen molar-refractivity contribution in [3.05, 3.63) is 53.8 Å². The maximum Gasteiger partial charge on any atom is 0.317 e. The Hall–Kier alpha value is -2.96. The SMILES string of the molecule is CN(CCOc1ccc(F)cc1)C(=O)NC(c1ccc2c(c1)OCCO2)C1CC1. The van der Waals surface area contributed by atoms with Crippen molar-refractivity contribution in [2.24, 2.45) is 5.92 Å². The predicted octanol–water partition coefficient (Wildman–Crippen LogP) is 3.77. The minimum absolute atomic E-state index is 0.0567. The van der Waals surface area contributed by atoms with E-state index < -0.39 is 0 Å². The Morgan fingerprint density at radius 3 is 2.62 bits per heavy atom. The minimum atomic E-state index is -0.306. The molecule has 2 aliphatic rings. The first kappa shape index (κ1) is 19.4. The fourth-order valence-corrected chi connectivity index (χ4v) is 3.33. The monoisotopic (exact) mass is 400 g/mol. The first-order valence-electron chi connectivity index (χ1n) is 9.90. The number of hydrogen-bond acceptors (Lipinski definition) is 4. The van der Waals surface area contributed by atoms with E-state index in [1.165, 1.54) is 12.1 Å². The molecule has 0 aromatic heterocycles. The van der Waals surface area contributed by atoms with Gasteiger partial charge in [-0.1, -0.05) is 6.07 Å². The van der Waals surface area contributed by atoms with Crippen LogP contribution in [0.25, 0.3) is 0 Å². The molecule has 1 unspecified atom stereocenters. The Balaban J connectivity index is 1.33. The van der Waals surface area contributed by atoms with E-state index in [0.29, 0.717) is 38.0 Å². The lowest BCUT2D eigenvalue weighted by Gasteiger charge is -2.25. The summed E-state index contributed by atoms with van der Waals surface area (Å²) in [5.74, 6) is 2.18. The fourth-order valence-electron chi connectivity index (χ4n) is 3.33. The predicted molar refractivity (Wildman–Crippen MR) is 106 cm³/mol. The Kier molecular flexibility index (Phi) is 5.74. The average Bonchev–Trinajstić information content (AvgIpc) is 3.58. The molecule has 1 heterocycles. The van der Waals surface area contributed by atoms with Crippen LogP contribution in [0.5, 0.6) is 17.2 Å². The van der Waals surface area contributed by atoms with Crippen LogP contribution in [0, 0.1) is 11.7 Å². The molecule has 154 valence electrons. The van der Waals surface area contributed by atoms with Crippen LogP contribution in [0.2, 0.25) is 0 Å². The van der Waals surface area contributed by atoms with E-state index in [0.717, 1.165) is 29.9 Å². The first-order valence-corrected chi connectivity index (χ1v) is 9.90. The van der Waals surface area contributed by atoms with Crippen molar-refractivity contribution >= 4 is 6.03 Å². The summed E-state index contributed by atoms with van der Waals surface area (Å²) in [6.45, 7) is 1.84. The molecule has 2 amide bonds. The van der Waals surface area contributed by atoms with Gasteiger partial charge < -0.3 is 24.4 Å². The maximum absolute atomic E-state index is 12.9. The van der Waals surface area contributed by atoms with Gasteiger partial charge in [-0.05, 0) is 60.7 Å². The van der Waals surface area contributed by atoms with Crippen molar-refractivity contribution in [2.45, 2.75) is 18.9 Å². The van der Waals surface area contributed by atoms with Gasteiger partial charge in [0.2, 0.25) is 0 Å². The molecule has 1 fully saturated rings. The number of hydrogen-bond donors (Lipinski definition) is 1. The van der Waals surface area contributed by atoms with Gasteiger partial charge in [0, 0.05) is 7.05 Å². The number of carbonyl (C=O) groups excluding carboxylic acids is 1. The standard InChI is InChI=1S/C22H25FN2O4/c1-25(10-11-27-18-7-5-17(23)6-8-18)22(26)24-21(15-2-3-15)16-4-9-19-20(14-16)29-13-12-28-19/h4-9,14-15,21H,2-3,10-13H2,1H3,(H,24,26). The number of amides is 2. The number of nitrogens with one attached hydrogen (secondary N) is 1. The van der Waals surface area contributed by atoms with E-state index in [4.69, 9.17) is 14.2 Å². The number of fused-ring (bicyclic) bond motifs is 1. The summed E-state index contributed by atoms with van der Waals surface area (Å²) in [7, 11) is 1.73. The molecule has 2 aromatic carbocycles. The zero-order valence-electron chi connectivity index (χ0n) is 16.4. The van der Waals surface area contributed by atoms with Gasteiger partial charge in [-0.15, -0.1) is 0 Å². The number of nitrogens with zero attached hydrogens (tertiary/aromatic N) is 1. The second-order valence-electron chi connectivity index (χ2n) is 7.39. The molecule has 1 N–H and O–H groups in total. The Morgan fingerprint density at radius 1 is 1.17 bits per heavy atom. The molecule has 1 aliphatic heterocycles. The topological polar surface area (TPSA) is 60.0 Å². The number of urea groups is 1. The third kappa shape index (κ3) is 4.91. The Bertz CT molecular complexity index is 854. The van der Waals surface area contributed by atoms with Gasteiger partial charge in [-0.25, -0.2) is 9.18 Å². The van der Waals surface area contributed by atoms with Gasteiger partial charge >= 0.3 is 6.03 Å². The van der Waals surface area contributed by atoms with Crippen LogP contribution in [0.1, 0.15) is 24.4 Å². The van der Waals surface area contributed by atoms with Gasteiger partial charge in [-0.2, -0.15) is 0 Å². The molecular formula is C22H25FN2O4. The highest BCUT2D eigenvalue weighted by Crippen LogP contribution is 2.43. The van der Waals surface area contributed by atoms with Crippen molar-refractivity contribution in [3.63, 3.8) is 0 Å². The van der Waals surface area contributed by atoms with Gasteiger partial charge in [-0.3, -0.25) is 0 Å². The summed E-state index contributed by atoms with van der Waals surface area (Å²) in [5.41, 5.74) is 1.03. The van der Waals surface area contributed by atoms with Crippen LogP contribution >= 0.6 is 0 Å². The number of benzene rings is 2. The van der Waals surface area contributed by atoms with E-state index in [-0.39, 0.29) is 17.9 Å². The second kappa shape index (κ2) is 8.59. The number of ether oxygens (including phenoxy) is 3. The smallest absolute Gasteiger partial charge is 0.317 e. The zero-order valence-corrected chi connectivity index (χ0v) is 16.4. The molecule has 2 aromatic rings. The van der Waals surface area contributed by atoms with Crippen LogP contribution in [0.3, 0.4) is 0 Å². The van der Waals surface area contributed by atoms with Gasteiger partial charge in [0.25, 0.3) is 0 Å². The number of halogens is 1.